The highest BCUT2D eigenvalue weighted by Gasteiger charge is 2.22. The second-order valence-electron chi connectivity index (χ2n) is 13.9. The van der Waals surface area contributed by atoms with E-state index >= 15 is 0 Å². The van der Waals surface area contributed by atoms with Crippen LogP contribution in [-0.4, -0.2) is 40.0 Å². The number of aryl methyl sites for hydroxylation is 2. The first kappa shape index (κ1) is 45.3. The average molecular weight is 857 g/mol. The summed E-state index contributed by atoms with van der Waals surface area (Å²) < 4.78 is 68.3. The van der Waals surface area contributed by atoms with Gasteiger partial charge >= 0.3 is 0 Å². The lowest BCUT2D eigenvalue weighted by Crippen LogP contribution is -2.15. The molecular weight excluding hydrogens is 809 g/mol. The van der Waals surface area contributed by atoms with Crippen molar-refractivity contribution in [2.24, 2.45) is 0 Å². The largest absolute Gasteiger partial charge is 0.477 e. The van der Waals surface area contributed by atoms with E-state index in [9.17, 15) is 27.4 Å². The number of anilines is 2. The molecular formula is C47H48N6O6S2. The van der Waals surface area contributed by atoms with E-state index in [0.29, 0.717) is 24.6 Å². The van der Waals surface area contributed by atoms with Crippen LogP contribution in [0.2, 0.25) is 0 Å². The molecule has 0 atom stereocenters. The molecule has 14 heteroatoms. The number of nitriles is 2. The molecule has 0 fully saturated rings. The van der Waals surface area contributed by atoms with E-state index < -0.39 is 20.0 Å². The molecule has 0 saturated heterocycles. The van der Waals surface area contributed by atoms with Crippen molar-refractivity contribution >= 4 is 31.4 Å². The predicted molar refractivity (Wildman–Crippen MR) is 238 cm³/mol. The molecule has 12 nitrogen and oxygen atoms in total. The highest BCUT2D eigenvalue weighted by Crippen LogP contribution is 2.35. The number of rotatable bonds is 17. The fraction of sp³-hybridized carbons (Fsp3) is 0.234. The van der Waals surface area contributed by atoms with Gasteiger partial charge in [0, 0.05) is 11.1 Å². The van der Waals surface area contributed by atoms with E-state index in [-0.39, 0.29) is 44.1 Å². The fourth-order valence-electron chi connectivity index (χ4n) is 5.85. The number of sulfonamides is 2. The first-order chi connectivity index (χ1) is 29.4. The van der Waals surface area contributed by atoms with Crippen LogP contribution in [0.4, 0.5) is 11.4 Å². The first-order valence-electron chi connectivity index (χ1n) is 19.9. The zero-order valence-electron chi connectivity index (χ0n) is 34.6. The monoisotopic (exact) mass is 856 g/mol. The minimum absolute atomic E-state index is 0.127. The van der Waals surface area contributed by atoms with Crippen molar-refractivity contribution < 1.29 is 26.3 Å². The van der Waals surface area contributed by atoms with Crippen molar-refractivity contribution in [2.75, 3.05) is 22.7 Å². The molecule has 0 radical (unpaired) electrons. The number of nitrogens with zero attached hydrogens (tertiary/aromatic N) is 4. The Morgan fingerprint density at radius 2 is 1.03 bits per heavy atom. The van der Waals surface area contributed by atoms with Gasteiger partial charge < -0.3 is 9.47 Å². The SMILES string of the molecule is CCCCOc1nc(-c2ccc(C)cc2)c(NS(=O)(=O)c2ccccc2)cc1C#N.CCCCOc1nc(-c2cccc(CC)c2)c(NS(=O)(=O)c2ccccc2)cc1C#N. The molecule has 2 N–H and O–H groups in total. The quantitative estimate of drug-likeness (QED) is 0.0837. The molecule has 0 spiro atoms. The van der Waals surface area contributed by atoms with Crippen molar-refractivity contribution in [3.63, 3.8) is 0 Å². The van der Waals surface area contributed by atoms with Crippen molar-refractivity contribution in [2.45, 2.75) is 69.6 Å². The van der Waals surface area contributed by atoms with Gasteiger partial charge in [0.25, 0.3) is 20.0 Å². The molecule has 4 aromatic carbocycles. The molecule has 0 aliphatic rings. The number of benzene rings is 4. The topological polar surface area (TPSA) is 184 Å². The maximum absolute atomic E-state index is 13.0. The molecule has 6 aromatic rings. The molecule has 0 bridgehead atoms. The number of pyridine rings is 2. The van der Waals surface area contributed by atoms with Crippen LogP contribution in [0.3, 0.4) is 0 Å². The number of aromatic nitrogens is 2. The number of hydrogen-bond donors (Lipinski definition) is 2. The van der Waals surface area contributed by atoms with Gasteiger partial charge in [-0.05, 0) is 74.2 Å². The van der Waals surface area contributed by atoms with Gasteiger partial charge in [0.2, 0.25) is 11.8 Å². The Labute approximate surface area is 359 Å². The lowest BCUT2D eigenvalue weighted by molar-refractivity contribution is 0.297. The van der Waals surface area contributed by atoms with Gasteiger partial charge in [-0.1, -0.05) is 118 Å². The fourth-order valence-corrected chi connectivity index (χ4v) is 8.01. The summed E-state index contributed by atoms with van der Waals surface area (Å²) in [6.07, 6.45) is 4.38. The third kappa shape index (κ3) is 12.2. The Morgan fingerprint density at radius 1 is 0.574 bits per heavy atom. The number of hydrogen-bond acceptors (Lipinski definition) is 10. The standard InChI is InChI=1S/C24H25N3O3S.C23H23N3O3S/c1-3-5-14-30-24-20(17-25)16-22(27-31(28,29)21-12-7-6-8-13-21)23(26-24)19-11-9-10-18(4-2)15-19;1-3-4-14-29-23-19(16-24)15-21(22(25-23)18-12-10-17(2)11-13-18)26-30(27,28)20-8-6-5-7-9-20/h6-13,15-16,27H,3-5,14H2,1-2H3;5-13,15,26H,3-4,14H2,1-2H3. The van der Waals surface area contributed by atoms with Gasteiger partial charge in [-0.15, -0.1) is 0 Å². The minimum Gasteiger partial charge on any atom is -0.477 e. The van der Waals surface area contributed by atoms with Crippen molar-refractivity contribution in [1.82, 2.24) is 9.97 Å². The Kier molecular flexibility index (Phi) is 16.0. The van der Waals surface area contributed by atoms with Gasteiger partial charge in [-0.25, -0.2) is 26.8 Å². The maximum atomic E-state index is 13.0. The lowest BCUT2D eigenvalue weighted by atomic mass is 10.0. The van der Waals surface area contributed by atoms with E-state index in [1.807, 2.05) is 76.2 Å². The number of ether oxygens (including phenoxy) is 2. The zero-order valence-corrected chi connectivity index (χ0v) is 36.2. The van der Waals surface area contributed by atoms with Gasteiger partial charge in [-0.2, -0.15) is 10.5 Å². The van der Waals surface area contributed by atoms with Gasteiger partial charge in [-0.3, -0.25) is 9.44 Å². The van der Waals surface area contributed by atoms with Crippen molar-refractivity contribution in [1.29, 1.82) is 10.5 Å². The first-order valence-corrected chi connectivity index (χ1v) is 22.9. The van der Waals surface area contributed by atoms with Crippen LogP contribution in [0.1, 0.15) is 68.7 Å². The number of unbranched alkanes of at least 4 members (excludes halogenated alkanes) is 2. The van der Waals surface area contributed by atoms with E-state index in [0.717, 1.165) is 54.4 Å². The Hall–Kier alpha value is -6.74. The van der Waals surface area contributed by atoms with E-state index in [2.05, 4.69) is 31.6 Å². The molecule has 0 amide bonds. The molecule has 0 aliphatic carbocycles. The summed E-state index contributed by atoms with van der Waals surface area (Å²) in [7, 11) is -7.71. The molecule has 6 rings (SSSR count). The van der Waals surface area contributed by atoms with E-state index in [1.165, 1.54) is 36.4 Å². The molecule has 0 saturated carbocycles. The van der Waals surface area contributed by atoms with Crippen LogP contribution >= 0.6 is 0 Å². The highest BCUT2D eigenvalue weighted by atomic mass is 32.2. The summed E-state index contributed by atoms with van der Waals surface area (Å²) >= 11 is 0. The van der Waals surface area contributed by atoms with Crippen LogP contribution in [0.5, 0.6) is 11.8 Å². The van der Waals surface area contributed by atoms with E-state index in [1.54, 1.807) is 36.4 Å². The highest BCUT2D eigenvalue weighted by molar-refractivity contribution is 7.93. The smallest absolute Gasteiger partial charge is 0.261 e. The summed E-state index contributed by atoms with van der Waals surface area (Å²) in [6.45, 7) is 8.96. The van der Waals surface area contributed by atoms with Crippen LogP contribution in [0.25, 0.3) is 22.5 Å². The minimum atomic E-state index is -3.86. The van der Waals surface area contributed by atoms with Crippen molar-refractivity contribution in [3.05, 3.63) is 144 Å². The van der Waals surface area contributed by atoms with Gasteiger partial charge in [0.1, 0.15) is 23.3 Å². The van der Waals surface area contributed by atoms with Crippen LogP contribution in [0.15, 0.2) is 131 Å². The summed E-state index contributed by atoms with van der Waals surface area (Å²) in [5.41, 5.74) is 5.25. The predicted octanol–water partition coefficient (Wildman–Crippen LogP) is 10.1. The second kappa shape index (κ2) is 21.5. The van der Waals surface area contributed by atoms with Gasteiger partial charge in [0.05, 0.1) is 45.8 Å². The summed E-state index contributed by atoms with van der Waals surface area (Å²) in [5, 5.41) is 19.2. The Morgan fingerprint density at radius 3 is 1.46 bits per heavy atom. The molecule has 2 heterocycles. The molecule has 2 aromatic heterocycles. The Bertz CT molecular complexity index is 2720. The normalized spacial score (nSPS) is 11.0. The summed E-state index contributed by atoms with van der Waals surface area (Å²) in [4.78, 5) is 9.34. The molecule has 314 valence electrons. The van der Waals surface area contributed by atoms with E-state index in [4.69, 9.17) is 9.47 Å². The molecule has 0 unspecified atom stereocenters. The zero-order chi connectivity index (χ0) is 43.8. The molecule has 0 aliphatic heterocycles. The van der Waals surface area contributed by atoms with Crippen LogP contribution in [-0.2, 0) is 26.5 Å². The number of nitrogens with one attached hydrogen (secondary N) is 2. The summed E-state index contributed by atoms with van der Waals surface area (Å²) in [5.74, 6) is 0.402. The average Bonchev–Trinajstić information content (AvgIpc) is 3.28. The Balaban J connectivity index is 0.000000231. The lowest BCUT2D eigenvalue weighted by Gasteiger charge is -2.16. The third-order valence-electron chi connectivity index (χ3n) is 9.22. The van der Waals surface area contributed by atoms with Crippen LogP contribution < -0.4 is 18.9 Å². The summed E-state index contributed by atoms with van der Waals surface area (Å²) in [6, 6.07) is 38.5. The molecule has 61 heavy (non-hydrogen) atoms. The second-order valence-corrected chi connectivity index (χ2v) is 17.2. The third-order valence-corrected chi connectivity index (χ3v) is 12.0. The maximum Gasteiger partial charge on any atom is 0.261 e. The van der Waals surface area contributed by atoms with Crippen molar-refractivity contribution in [3.8, 4) is 46.4 Å². The van der Waals surface area contributed by atoms with Gasteiger partial charge in [0.15, 0.2) is 0 Å². The van der Waals surface area contributed by atoms with Crippen LogP contribution in [0, 0.1) is 29.6 Å².